The number of aromatic hydroxyl groups is 1. The standard InChI is InChI=1S/C19H16Cl2F3N3O4/c20-12-1-2-13(15(28)8-12)18(30)31-10-16(29)26-3-5-27(6-4-26)17-14(21)7-11(9-25-17)19(22,23)24/h1-2,7-9,28H,3-6,10H2. The van der Waals surface area contributed by atoms with Crippen LogP contribution in [0.15, 0.2) is 30.5 Å². The van der Waals surface area contributed by atoms with Crippen molar-refractivity contribution in [3.05, 3.63) is 51.6 Å². The van der Waals surface area contributed by atoms with Crippen LogP contribution in [-0.2, 0) is 15.7 Å². The molecule has 1 aromatic carbocycles. The summed E-state index contributed by atoms with van der Waals surface area (Å²) in [6.45, 7) is 0.523. The number of rotatable bonds is 4. The lowest BCUT2D eigenvalue weighted by Gasteiger charge is -2.35. The van der Waals surface area contributed by atoms with Crippen LogP contribution < -0.4 is 4.90 Å². The van der Waals surface area contributed by atoms with E-state index in [1.165, 1.54) is 23.1 Å². The number of amides is 1. The second-order valence-electron chi connectivity index (χ2n) is 6.63. The molecule has 0 spiro atoms. The van der Waals surface area contributed by atoms with Crippen LogP contribution in [0.1, 0.15) is 15.9 Å². The molecule has 1 fully saturated rings. The van der Waals surface area contributed by atoms with Gasteiger partial charge < -0.3 is 19.6 Å². The van der Waals surface area contributed by atoms with Gasteiger partial charge in [0, 0.05) is 37.4 Å². The monoisotopic (exact) mass is 477 g/mol. The number of nitrogens with zero attached hydrogens (tertiary/aromatic N) is 3. The highest BCUT2D eigenvalue weighted by molar-refractivity contribution is 6.33. The summed E-state index contributed by atoms with van der Waals surface area (Å²) in [5.41, 5.74) is -1.06. The van der Waals surface area contributed by atoms with E-state index in [9.17, 15) is 27.9 Å². The molecule has 7 nitrogen and oxygen atoms in total. The number of alkyl halides is 3. The summed E-state index contributed by atoms with van der Waals surface area (Å²) in [7, 11) is 0. The van der Waals surface area contributed by atoms with Crippen LogP contribution in [0.4, 0.5) is 19.0 Å². The van der Waals surface area contributed by atoms with Gasteiger partial charge in [-0.15, -0.1) is 0 Å². The van der Waals surface area contributed by atoms with E-state index in [1.54, 1.807) is 4.90 Å². The molecule has 0 bridgehead atoms. The molecule has 0 aliphatic carbocycles. The van der Waals surface area contributed by atoms with E-state index in [2.05, 4.69) is 4.98 Å². The topological polar surface area (TPSA) is 83.0 Å². The Kier molecular flexibility index (Phi) is 6.80. The number of halogens is 5. The number of hydrogen-bond acceptors (Lipinski definition) is 6. The summed E-state index contributed by atoms with van der Waals surface area (Å²) >= 11 is 11.7. The molecule has 1 N–H and O–H groups in total. The van der Waals surface area contributed by atoms with E-state index in [0.717, 1.165) is 6.07 Å². The zero-order valence-electron chi connectivity index (χ0n) is 15.8. The van der Waals surface area contributed by atoms with Crippen molar-refractivity contribution in [1.82, 2.24) is 9.88 Å². The number of hydrogen-bond donors (Lipinski definition) is 1. The molecule has 1 aliphatic rings. The molecule has 31 heavy (non-hydrogen) atoms. The summed E-state index contributed by atoms with van der Waals surface area (Å²) in [5, 5.41) is 9.84. The van der Waals surface area contributed by atoms with Gasteiger partial charge in [0.1, 0.15) is 17.1 Å². The molecular weight excluding hydrogens is 462 g/mol. The first-order chi connectivity index (χ1) is 14.6. The third-order valence-corrected chi connectivity index (χ3v) is 5.10. The molecule has 1 saturated heterocycles. The fourth-order valence-corrected chi connectivity index (χ4v) is 3.41. The van der Waals surface area contributed by atoms with Crippen LogP contribution in [0.2, 0.25) is 10.0 Å². The minimum atomic E-state index is -4.54. The number of aromatic nitrogens is 1. The summed E-state index contributed by atoms with van der Waals surface area (Å²) in [4.78, 5) is 31.3. The number of anilines is 1. The van der Waals surface area contributed by atoms with Gasteiger partial charge in [0.15, 0.2) is 6.61 Å². The lowest BCUT2D eigenvalue weighted by atomic mass is 10.2. The van der Waals surface area contributed by atoms with Crippen LogP contribution in [0, 0.1) is 0 Å². The molecule has 1 amide bonds. The van der Waals surface area contributed by atoms with E-state index in [1.807, 2.05) is 0 Å². The van der Waals surface area contributed by atoms with Gasteiger partial charge in [-0.25, -0.2) is 9.78 Å². The Hall–Kier alpha value is -2.72. The molecule has 166 valence electrons. The number of carbonyl (C=O) groups excluding carboxylic acids is 2. The van der Waals surface area contributed by atoms with Crippen LogP contribution >= 0.6 is 23.2 Å². The maximum Gasteiger partial charge on any atom is 0.417 e. The average Bonchev–Trinajstić information content (AvgIpc) is 2.71. The predicted molar refractivity (Wildman–Crippen MR) is 106 cm³/mol. The van der Waals surface area contributed by atoms with Crippen LogP contribution in [-0.4, -0.2) is 59.7 Å². The summed E-state index contributed by atoms with van der Waals surface area (Å²) < 4.78 is 43.2. The smallest absolute Gasteiger partial charge is 0.417 e. The highest BCUT2D eigenvalue weighted by atomic mass is 35.5. The van der Waals surface area contributed by atoms with Gasteiger partial charge in [-0.1, -0.05) is 23.2 Å². The van der Waals surface area contributed by atoms with Gasteiger partial charge in [0.2, 0.25) is 0 Å². The van der Waals surface area contributed by atoms with Gasteiger partial charge in [0.05, 0.1) is 10.6 Å². The van der Waals surface area contributed by atoms with E-state index < -0.39 is 30.2 Å². The molecule has 0 radical (unpaired) electrons. The largest absolute Gasteiger partial charge is 0.507 e. The van der Waals surface area contributed by atoms with Crippen molar-refractivity contribution < 1.29 is 32.6 Å². The molecule has 0 saturated carbocycles. The fraction of sp³-hybridized carbons (Fsp3) is 0.316. The number of phenols is 1. The van der Waals surface area contributed by atoms with Crippen LogP contribution in [0.25, 0.3) is 0 Å². The third kappa shape index (κ3) is 5.50. The molecule has 3 rings (SSSR count). The number of ether oxygens (including phenoxy) is 1. The second kappa shape index (κ2) is 9.19. The zero-order valence-corrected chi connectivity index (χ0v) is 17.3. The van der Waals surface area contributed by atoms with Gasteiger partial charge in [-0.05, 0) is 24.3 Å². The number of esters is 1. The maximum atomic E-state index is 12.7. The second-order valence-corrected chi connectivity index (χ2v) is 7.48. The summed E-state index contributed by atoms with van der Waals surface area (Å²) in [5.74, 6) is -1.49. The zero-order chi connectivity index (χ0) is 22.8. The number of piperazine rings is 1. The Bertz CT molecular complexity index is 996. The van der Waals surface area contributed by atoms with Gasteiger partial charge >= 0.3 is 12.1 Å². The SMILES string of the molecule is O=C(OCC(=O)N1CCN(c2ncc(C(F)(F)F)cc2Cl)CC1)c1ccc(Cl)cc1O. The summed E-state index contributed by atoms with van der Waals surface area (Å²) in [6, 6.07) is 4.68. The Morgan fingerprint density at radius 2 is 1.81 bits per heavy atom. The molecule has 0 atom stereocenters. The van der Waals surface area contributed by atoms with Crippen LogP contribution in [0.5, 0.6) is 5.75 Å². The number of pyridine rings is 1. The number of benzene rings is 1. The molecule has 12 heteroatoms. The molecule has 2 aromatic rings. The lowest BCUT2D eigenvalue weighted by Crippen LogP contribution is -2.50. The van der Waals surface area contributed by atoms with Crippen molar-refractivity contribution in [3.63, 3.8) is 0 Å². The van der Waals surface area contributed by atoms with Crippen molar-refractivity contribution in [2.24, 2.45) is 0 Å². The van der Waals surface area contributed by atoms with E-state index in [4.69, 9.17) is 27.9 Å². The highest BCUT2D eigenvalue weighted by Crippen LogP contribution is 2.33. The minimum Gasteiger partial charge on any atom is -0.507 e. The van der Waals surface area contributed by atoms with Gasteiger partial charge in [0.25, 0.3) is 5.91 Å². The molecule has 1 aliphatic heterocycles. The highest BCUT2D eigenvalue weighted by Gasteiger charge is 2.32. The fourth-order valence-electron chi connectivity index (χ4n) is 2.96. The maximum absolute atomic E-state index is 12.7. The van der Waals surface area contributed by atoms with Crippen molar-refractivity contribution in [2.75, 3.05) is 37.7 Å². The first kappa shape index (κ1) is 23.0. The Balaban J connectivity index is 1.53. The first-order valence-corrected chi connectivity index (χ1v) is 9.73. The van der Waals surface area contributed by atoms with Crippen molar-refractivity contribution in [2.45, 2.75) is 6.18 Å². The predicted octanol–water partition coefficient (Wildman–Crippen LogP) is 3.62. The van der Waals surface area contributed by atoms with Crippen molar-refractivity contribution in [3.8, 4) is 5.75 Å². The number of carbonyl (C=O) groups is 2. The molecule has 1 aromatic heterocycles. The van der Waals surface area contributed by atoms with E-state index in [-0.39, 0.29) is 53.4 Å². The van der Waals surface area contributed by atoms with Gasteiger partial charge in [-0.3, -0.25) is 4.79 Å². The Morgan fingerprint density at radius 3 is 2.39 bits per heavy atom. The van der Waals surface area contributed by atoms with E-state index >= 15 is 0 Å². The third-order valence-electron chi connectivity index (χ3n) is 4.59. The average molecular weight is 478 g/mol. The van der Waals surface area contributed by atoms with Crippen LogP contribution in [0.3, 0.4) is 0 Å². The minimum absolute atomic E-state index is 0.120. The summed E-state index contributed by atoms with van der Waals surface area (Å²) in [6.07, 6.45) is -3.83. The van der Waals surface area contributed by atoms with Gasteiger partial charge in [-0.2, -0.15) is 13.2 Å². The van der Waals surface area contributed by atoms with E-state index in [0.29, 0.717) is 6.20 Å². The molecule has 0 unspecified atom stereocenters. The normalized spacial score (nSPS) is 14.5. The Morgan fingerprint density at radius 1 is 1.13 bits per heavy atom. The number of phenolic OH excluding ortho intramolecular Hbond substituents is 1. The van der Waals surface area contributed by atoms with Crippen molar-refractivity contribution >= 4 is 40.9 Å². The molecular formula is C19H16Cl2F3N3O4. The molecule has 2 heterocycles. The van der Waals surface area contributed by atoms with Crippen molar-refractivity contribution in [1.29, 1.82) is 0 Å². The lowest BCUT2D eigenvalue weighted by molar-refractivity contribution is -0.138. The first-order valence-electron chi connectivity index (χ1n) is 8.97. The Labute approximate surface area is 184 Å². The quantitative estimate of drug-likeness (QED) is 0.677.